The van der Waals surface area contributed by atoms with Gasteiger partial charge in [-0.15, -0.1) is 0 Å². The maximum atomic E-state index is 13.7. The Morgan fingerprint density at radius 2 is 2.05 bits per heavy atom. The smallest absolute Gasteiger partial charge is 0.271 e. The Kier molecular flexibility index (Phi) is 4.57. The highest BCUT2D eigenvalue weighted by Crippen LogP contribution is 2.27. The van der Waals surface area contributed by atoms with Crippen molar-refractivity contribution in [1.29, 1.82) is 0 Å². The van der Waals surface area contributed by atoms with E-state index in [1.165, 1.54) is 24.3 Å². The molecule has 0 saturated carbocycles. The molecular weight excluding hydrogens is 351 g/mol. The molecule has 0 fully saturated rings. The summed E-state index contributed by atoms with van der Waals surface area (Å²) in [5.41, 5.74) is 0.757. The van der Waals surface area contributed by atoms with E-state index in [0.717, 1.165) is 0 Å². The molecule has 0 aromatic heterocycles. The normalized spacial score (nSPS) is 10.3. The number of benzene rings is 2. The number of nitrogens with one attached hydrogen (secondary N) is 1. The van der Waals surface area contributed by atoms with Crippen LogP contribution in [0.15, 0.2) is 40.9 Å². The van der Waals surface area contributed by atoms with Gasteiger partial charge in [-0.05, 0) is 18.2 Å². The van der Waals surface area contributed by atoms with Gasteiger partial charge in [0.25, 0.3) is 5.69 Å². The molecule has 0 unspecified atom stereocenters. The molecule has 0 saturated heterocycles. The molecule has 0 spiro atoms. The van der Waals surface area contributed by atoms with E-state index in [1.807, 2.05) is 0 Å². The minimum atomic E-state index is -0.512. The van der Waals surface area contributed by atoms with Crippen molar-refractivity contribution in [1.82, 2.24) is 0 Å². The summed E-state index contributed by atoms with van der Waals surface area (Å²) >= 11 is 9.12. The molecule has 0 aliphatic heterocycles. The molecular formula is C13H9BrClFN2O2. The van der Waals surface area contributed by atoms with E-state index in [0.29, 0.717) is 20.7 Å². The van der Waals surface area contributed by atoms with Gasteiger partial charge in [0.1, 0.15) is 5.82 Å². The zero-order chi connectivity index (χ0) is 14.7. The minimum absolute atomic E-state index is 0.0758. The Balaban J connectivity index is 2.18. The number of nitrogens with zero attached hydrogens (tertiary/aromatic N) is 1. The number of hydrogen-bond acceptors (Lipinski definition) is 3. The highest BCUT2D eigenvalue weighted by Gasteiger charge is 2.10. The van der Waals surface area contributed by atoms with Crippen LogP contribution in [0.4, 0.5) is 15.8 Å². The van der Waals surface area contributed by atoms with Crippen molar-refractivity contribution in [2.75, 3.05) is 5.32 Å². The molecule has 104 valence electrons. The van der Waals surface area contributed by atoms with Gasteiger partial charge in [-0.3, -0.25) is 10.1 Å². The largest absolute Gasteiger partial charge is 0.379 e. The van der Waals surface area contributed by atoms with Gasteiger partial charge in [-0.1, -0.05) is 33.6 Å². The molecule has 0 bridgehead atoms. The lowest BCUT2D eigenvalue weighted by atomic mass is 10.2. The van der Waals surface area contributed by atoms with Crippen molar-refractivity contribution in [3.63, 3.8) is 0 Å². The average Bonchev–Trinajstić information content (AvgIpc) is 2.39. The number of rotatable bonds is 4. The molecule has 20 heavy (non-hydrogen) atoms. The van der Waals surface area contributed by atoms with Crippen molar-refractivity contribution in [3.05, 3.63) is 67.4 Å². The summed E-state index contributed by atoms with van der Waals surface area (Å²) in [5.74, 6) is -0.367. The lowest BCUT2D eigenvalue weighted by Gasteiger charge is -2.09. The van der Waals surface area contributed by atoms with Gasteiger partial charge in [0.05, 0.1) is 15.6 Å². The van der Waals surface area contributed by atoms with Gasteiger partial charge in [0.2, 0.25) is 0 Å². The summed E-state index contributed by atoms with van der Waals surface area (Å²) < 4.78 is 14.3. The summed E-state index contributed by atoms with van der Waals surface area (Å²) in [4.78, 5) is 10.2. The number of halogens is 3. The lowest BCUT2D eigenvalue weighted by molar-refractivity contribution is -0.384. The fourth-order valence-electron chi connectivity index (χ4n) is 1.62. The van der Waals surface area contributed by atoms with Gasteiger partial charge in [0.15, 0.2) is 0 Å². The molecule has 0 radical (unpaired) electrons. The Hall–Kier alpha value is -1.66. The maximum Gasteiger partial charge on any atom is 0.271 e. The first kappa shape index (κ1) is 14.7. The predicted octanol–water partition coefficient (Wildman–Crippen LogP) is 4.76. The number of anilines is 1. The molecule has 2 aromatic rings. The molecule has 1 N–H and O–H groups in total. The Bertz CT molecular complexity index is 667. The highest BCUT2D eigenvalue weighted by molar-refractivity contribution is 9.10. The standard InChI is InChI=1S/C13H9BrClFN2O2/c14-9-2-1-8(12(16)5-9)7-17-13-6-10(18(19)20)3-4-11(13)15/h1-6,17H,7H2. The van der Waals surface area contributed by atoms with Crippen LogP contribution in [0.5, 0.6) is 0 Å². The van der Waals surface area contributed by atoms with Gasteiger partial charge >= 0.3 is 0 Å². The molecule has 0 atom stereocenters. The monoisotopic (exact) mass is 358 g/mol. The SMILES string of the molecule is O=[N+]([O-])c1ccc(Cl)c(NCc2ccc(Br)cc2F)c1. The van der Waals surface area contributed by atoms with E-state index >= 15 is 0 Å². The van der Waals surface area contributed by atoms with E-state index in [2.05, 4.69) is 21.2 Å². The van der Waals surface area contributed by atoms with Gasteiger partial charge < -0.3 is 5.32 Å². The average molecular weight is 360 g/mol. The summed E-state index contributed by atoms with van der Waals surface area (Å²) in [5, 5.41) is 13.9. The highest BCUT2D eigenvalue weighted by atomic mass is 79.9. The van der Waals surface area contributed by atoms with Gasteiger partial charge in [-0.2, -0.15) is 0 Å². The third-order valence-electron chi connectivity index (χ3n) is 2.65. The third kappa shape index (κ3) is 3.46. The summed E-state index contributed by atoms with van der Waals surface area (Å²) in [7, 11) is 0. The number of non-ortho nitro benzene ring substituents is 1. The van der Waals surface area contributed by atoms with Crippen molar-refractivity contribution < 1.29 is 9.31 Å². The van der Waals surface area contributed by atoms with Crippen LogP contribution in [0.1, 0.15) is 5.56 Å². The summed E-state index contributed by atoms with van der Waals surface area (Å²) in [6.07, 6.45) is 0. The summed E-state index contributed by atoms with van der Waals surface area (Å²) in [6, 6.07) is 8.76. The van der Waals surface area contributed by atoms with Crippen molar-refractivity contribution in [2.45, 2.75) is 6.54 Å². The van der Waals surface area contributed by atoms with E-state index < -0.39 is 4.92 Å². The molecule has 2 aromatic carbocycles. The fraction of sp³-hybridized carbons (Fsp3) is 0.0769. The molecule has 0 amide bonds. The molecule has 0 aliphatic carbocycles. The molecule has 2 rings (SSSR count). The fourth-order valence-corrected chi connectivity index (χ4v) is 2.14. The lowest BCUT2D eigenvalue weighted by Crippen LogP contribution is -2.03. The minimum Gasteiger partial charge on any atom is -0.379 e. The molecule has 0 heterocycles. The second-order valence-electron chi connectivity index (χ2n) is 4.01. The number of hydrogen-bond donors (Lipinski definition) is 1. The second-order valence-corrected chi connectivity index (χ2v) is 5.33. The van der Waals surface area contributed by atoms with E-state index in [-0.39, 0.29) is 18.0 Å². The predicted molar refractivity (Wildman–Crippen MR) is 79.5 cm³/mol. The van der Waals surface area contributed by atoms with Crippen LogP contribution in [-0.2, 0) is 6.54 Å². The third-order valence-corrected chi connectivity index (χ3v) is 3.47. The molecule has 7 heteroatoms. The Morgan fingerprint density at radius 1 is 1.30 bits per heavy atom. The number of nitro benzene ring substituents is 1. The van der Waals surface area contributed by atoms with Crippen LogP contribution < -0.4 is 5.32 Å². The van der Waals surface area contributed by atoms with Crippen LogP contribution in [0.3, 0.4) is 0 Å². The second kappa shape index (κ2) is 6.19. The zero-order valence-corrected chi connectivity index (χ0v) is 12.4. The van der Waals surface area contributed by atoms with Crippen LogP contribution in [-0.4, -0.2) is 4.92 Å². The Morgan fingerprint density at radius 3 is 2.70 bits per heavy atom. The van der Waals surface area contributed by atoms with Crippen LogP contribution >= 0.6 is 27.5 Å². The van der Waals surface area contributed by atoms with E-state index in [1.54, 1.807) is 12.1 Å². The van der Waals surface area contributed by atoms with Crippen LogP contribution in [0.25, 0.3) is 0 Å². The topological polar surface area (TPSA) is 55.2 Å². The zero-order valence-electron chi connectivity index (χ0n) is 10.1. The maximum absolute atomic E-state index is 13.7. The number of nitro groups is 1. The first-order valence-corrected chi connectivity index (χ1v) is 6.76. The van der Waals surface area contributed by atoms with Crippen LogP contribution in [0, 0.1) is 15.9 Å². The Labute approximate surface area is 127 Å². The van der Waals surface area contributed by atoms with Crippen LogP contribution in [0.2, 0.25) is 5.02 Å². The van der Waals surface area contributed by atoms with E-state index in [9.17, 15) is 14.5 Å². The van der Waals surface area contributed by atoms with Gasteiger partial charge in [0, 0.05) is 28.7 Å². The first-order chi connectivity index (χ1) is 9.47. The van der Waals surface area contributed by atoms with Crippen molar-refractivity contribution >= 4 is 38.9 Å². The first-order valence-electron chi connectivity index (χ1n) is 5.59. The summed E-state index contributed by atoms with van der Waals surface area (Å²) in [6.45, 7) is 0.181. The van der Waals surface area contributed by atoms with Crippen molar-refractivity contribution in [2.24, 2.45) is 0 Å². The molecule has 4 nitrogen and oxygen atoms in total. The van der Waals surface area contributed by atoms with Gasteiger partial charge in [-0.25, -0.2) is 4.39 Å². The van der Waals surface area contributed by atoms with Crippen molar-refractivity contribution in [3.8, 4) is 0 Å². The quantitative estimate of drug-likeness (QED) is 0.632. The van der Waals surface area contributed by atoms with E-state index in [4.69, 9.17) is 11.6 Å². The molecule has 0 aliphatic rings.